The van der Waals surface area contributed by atoms with Gasteiger partial charge in [0.25, 0.3) is 0 Å². The first kappa shape index (κ1) is 34.7. The Morgan fingerprint density at radius 3 is 1.64 bits per heavy atom. The van der Waals surface area contributed by atoms with E-state index in [1.54, 1.807) is 0 Å². The molecule has 1 aromatic heterocycles. The number of anilines is 1. The first-order chi connectivity index (χ1) is 24.5. The third kappa shape index (κ3) is 8.01. The Morgan fingerprint density at radius 2 is 1.10 bits per heavy atom. The molecule has 0 spiro atoms. The molecule has 5 aromatic rings. The van der Waals surface area contributed by atoms with E-state index in [0.717, 1.165) is 40.8 Å². The molecule has 0 fully saturated rings. The molecule has 0 bridgehead atoms. The number of hydrogen-bond donors (Lipinski definition) is 0. The maximum absolute atomic E-state index is 4.45. The monoisotopic (exact) mass is 655 g/mol. The highest BCUT2D eigenvalue weighted by atomic mass is 15.1. The lowest BCUT2D eigenvalue weighted by Gasteiger charge is -2.33. The molecule has 0 aliphatic heterocycles. The van der Waals surface area contributed by atoms with Gasteiger partial charge in [-0.25, -0.2) is 0 Å². The van der Waals surface area contributed by atoms with E-state index in [-0.39, 0.29) is 5.41 Å². The van der Waals surface area contributed by atoms with E-state index < -0.39 is 0 Å². The summed E-state index contributed by atoms with van der Waals surface area (Å²) in [5.74, 6) is 13.7. The first-order valence-corrected chi connectivity index (χ1v) is 18.5. The van der Waals surface area contributed by atoms with Crippen LogP contribution in [0.4, 0.5) is 5.69 Å². The summed E-state index contributed by atoms with van der Waals surface area (Å²) in [6, 6.07) is 36.4. The highest BCUT2D eigenvalue weighted by Crippen LogP contribution is 2.54. The lowest BCUT2D eigenvalue weighted by atomic mass is 9.70. The van der Waals surface area contributed by atoms with Crippen LogP contribution in [0.5, 0.6) is 0 Å². The molecule has 50 heavy (non-hydrogen) atoms. The SMILES string of the molecule is CCCCCCC1(CCCCCC)c2cc(C#Cc3ccc(N(C)C)cc3)ccc2-c2ccc(C#Cc3ccc(-c4ccccc4)nn3)cc21. The molecule has 4 aromatic carbocycles. The molecule has 1 heterocycles. The Balaban J connectivity index is 1.36. The molecule has 0 saturated carbocycles. The molecule has 0 unspecified atom stereocenters. The van der Waals surface area contributed by atoms with E-state index >= 15 is 0 Å². The standard InChI is InChI=1S/C47H49N3/c1-5-7-9-14-32-47(33-15-10-8-6-2)44-34-37(19-18-36-21-27-41(28-22-36)50(3)4)23-29-42(44)43-30-24-38(35-45(43)47)20-25-40-26-31-46(49-48-40)39-16-12-11-13-17-39/h11-13,16-17,21-24,26-31,34-35H,5-10,14-15,32-33H2,1-4H3. The van der Waals surface area contributed by atoms with Crippen molar-refractivity contribution in [3.63, 3.8) is 0 Å². The highest BCUT2D eigenvalue weighted by molar-refractivity contribution is 5.82. The number of unbranched alkanes of at least 4 members (excludes halogenated alkanes) is 6. The van der Waals surface area contributed by atoms with Crippen LogP contribution in [-0.4, -0.2) is 24.3 Å². The molecule has 252 valence electrons. The van der Waals surface area contributed by atoms with Gasteiger partial charge in [-0.1, -0.05) is 125 Å². The average molecular weight is 656 g/mol. The summed E-state index contributed by atoms with van der Waals surface area (Å²) in [5.41, 5.74) is 12.4. The summed E-state index contributed by atoms with van der Waals surface area (Å²) in [7, 11) is 4.13. The largest absolute Gasteiger partial charge is 0.378 e. The minimum Gasteiger partial charge on any atom is -0.378 e. The number of nitrogens with zero attached hydrogens (tertiary/aromatic N) is 3. The molecule has 3 heteroatoms. The van der Waals surface area contributed by atoms with Crippen molar-refractivity contribution in [3.8, 4) is 46.1 Å². The van der Waals surface area contributed by atoms with Gasteiger partial charge in [-0.3, -0.25) is 0 Å². The molecule has 0 saturated heterocycles. The summed E-state index contributed by atoms with van der Waals surface area (Å²) in [5, 5.41) is 8.90. The quantitative estimate of drug-likeness (QED) is 0.0989. The van der Waals surface area contributed by atoms with E-state index in [9.17, 15) is 0 Å². The van der Waals surface area contributed by atoms with E-state index in [2.05, 4.69) is 127 Å². The van der Waals surface area contributed by atoms with Crippen LogP contribution in [0.1, 0.15) is 112 Å². The van der Waals surface area contributed by atoms with Crippen molar-refractivity contribution in [2.75, 3.05) is 19.0 Å². The normalized spacial score (nSPS) is 12.2. The lowest BCUT2D eigenvalue weighted by Crippen LogP contribution is -2.26. The number of fused-ring (bicyclic) bond motifs is 3. The zero-order valence-electron chi connectivity index (χ0n) is 30.2. The number of aromatic nitrogens is 2. The van der Waals surface area contributed by atoms with Crippen molar-refractivity contribution in [3.05, 3.63) is 137 Å². The van der Waals surface area contributed by atoms with Crippen LogP contribution in [0.15, 0.2) is 103 Å². The third-order valence-electron chi connectivity index (χ3n) is 10.1. The van der Waals surface area contributed by atoms with Gasteiger partial charge in [-0.05, 0) is 102 Å². The minimum atomic E-state index is -0.0496. The van der Waals surface area contributed by atoms with Crippen molar-refractivity contribution in [1.29, 1.82) is 0 Å². The molecule has 6 rings (SSSR count). The highest BCUT2D eigenvalue weighted by Gasteiger charge is 2.42. The number of hydrogen-bond acceptors (Lipinski definition) is 3. The Kier molecular flexibility index (Phi) is 11.5. The van der Waals surface area contributed by atoms with E-state index in [0.29, 0.717) is 5.69 Å². The number of rotatable bonds is 12. The van der Waals surface area contributed by atoms with Crippen molar-refractivity contribution in [2.24, 2.45) is 0 Å². The van der Waals surface area contributed by atoms with Crippen molar-refractivity contribution in [1.82, 2.24) is 10.2 Å². The predicted octanol–water partition coefficient (Wildman–Crippen LogP) is 11.2. The fourth-order valence-corrected chi connectivity index (χ4v) is 7.31. The van der Waals surface area contributed by atoms with Crippen LogP contribution >= 0.6 is 0 Å². The molecule has 3 nitrogen and oxygen atoms in total. The van der Waals surface area contributed by atoms with Gasteiger partial charge in [0.2, 0.25) is 0 Å². The zero-order chi connectivity index (χ0) is 34.8. The smallest absolute Gasteiger partial charge is 0.136 e. The second-order valence-corrected chi connectivity index (χ2v) is 13.8. The van der Waals surface area contributed by atoms with Crippen LogP contribution in [0.2, 0.25) is 0 Å². The van der Waals surface area contributed by atoms with E-state index in [1.165, 1.54) is 79.3 Å². The molecule has 1 aliphatic carbocycles. The molecule has 0 radical (unpaired) electrons. The summed E-state index contributed by atoms with van der Waals surface area (Å²) >= 11 is 0. The van der Waals surface area contributed by atoms with Crippen LogP contribution in [0, 0.1) is 23.7 Å². The van der Waals surface area contributed by atoms with Crippen LogP contribution < -0.4 is 4.90 Å². The van der Waals surface area contributed by atoms with E-state index in [1.807, 2.05) is 42.5 Å². The Bertz CT molecular complexity index is 1990. The van der Waals surface area contributed by atoms with Crippen molar-refractivity contribution in [2.45, 2.75) is 83.5 Å². The molecule has 0 N–H and O–H groups in total. The summed E-state index contributed by atoms with van der Waals surface area (Å²) < 4.78 is 0. The Labute approximate surface area is 300 Å². The fraction of sp³-hybridized carbons (Fsp3) is 0.319. The molecule has 1 aliphatic rings. The van der Waals surface area contributed by atoms with Crippen LogP contribution in [0.3, 0.4) is 0 Å². The summed E-state index contributed by atoms with van der Waals surface area (Å²) in [6.07, 6.45) is 12.3. The zero-order valence-corrected chi connectivity index (χ0v) is 30.2. The van der Waals surface area contributed by atoms with E-state index in [4.69, 9.17) is 0 Å². The second-order valence-electron chi connectivity index (χ2n) is 13.8. The first-order valence-electron chi connectivity index (χ1n) is 18.5. The van der Waals surface area contributed by atoms with Crippen molar-refractivity contribution >= 4 is 5.69 Å². The maximum atomic E-state index is 4.45. The van der Waals surface area contributed by atoms with Gasteiger partial charge in [0.15, 0.2) is 0 Å². The van der Waals surface area contributed by atoms with Gasteiger partial charge in [-0.15, -0.1) is 10.2 Å². The van der Waals surface area contributed by atoms with Gasteiger partial charge in [-0.2, -0.15) is 0 Å². The topological polar surface area (TPSA) is 29.0 Å². The molecular weight excluding hydrogens is 607 g/mol. The Hall–Kier alpha value is -5.12. The molecule has 0 atom stereocenters. The third-order valence-corrected chi connectivity index (χ3v) is 10.1. The maximum Gasteiger partial charge on any atom is 0.136 e. The Morgan fingerprint density at radius 1 is 0.540 bits per heavy atom. The van der Waals surface area contributed by atoms with Gasteiger partial charge >= 0.3 is 0 Å². The summed E-state index contributed by atoms with van der Waals surface area (Å²) in [6.45, 7) is 4.59. The minimum absolute atomic E-state index is 0.0496. The van der Waals surface area contributed by atoms with Gasteiger partial charge < -0.3 is 4.90 Å². The fourth-order valence-electron chi connectivity index (χ4n) is 7.31. The predicted molar refractivity (Wildman–Crippen MR) is 210 cm³/mol. The lowest BCUT2D eigenvalue weighted by molar-refractivity contribution is 0.401. The van der Waals surface area contributed by atoms with Gasteiger partial charge in [0.1, 0.15) is 5.69 Å². The van der Waals surface area contributed by atoms with Gasteiger partial charge in [0, 0.05) is 47.5 Å². The van der Waals surface area contributed by atoms with Crippen LogP contribution in [-0.2, 0) is 5.41 Å². The average Bonchev–Trinajstić information content (AvgIpc) is 3.42. The number of benzene rings is 4. The van der Waals surface area contributed by atoms with Gasteiger partial charge in [0.05, 0.1) is 5.69 Å². The second kappa shape index (κ2) is 16.5. The molecule has 0 amide bonds. The summed E-state index contributed by atoms with van der Waals surface area (Å²) in [4.78, 5) is 2.12. The van der Waals surface area contributed by atoms with Crippen molar-refractivity contribution < 1.29 is 0 Å². The molecular formula is C47H49N3. The van der Waals surface area contributed by atoms with Crippen LogP contribution in [0.25, 0.3) is 22.4 Å².